The minimum atomic E-state index is 0.799. The van der Waals surface area contributed by atoms with Crippen molar-refractivity contribution in [1.82, 2.24) is 10.3 Å². The maximum atomic E-state index is 4.45. The highest BCUT2D eigenvalue weighted by molar-refractivity contribution is 8.06. The Balaban J connectivity index is 1.73. The van der Waals surface area contributed by atoms with Gasteiger partial charge in [0.15, 0.2) is 0 Å². The second kappa shape index (κ2) is 6.28. The van der Waals surface area contributed by atoms with Crippen molar-refractivity contribution in [3.8, 4) is 0 Å². The fourth-order valence-corrected chi connectivity index (χ4v) is 5.29. The molecule has 1 atom stereocenters. The van der Waals surface area contributed by atoms with Crippen LogP contribution < -0.4 is 5.32 Å². The van der Waals surface area contributed by atoms with E-state index in [-0.39, 0.29) is 0 Å². The lowest BCUT2D eigenvalue weighted by Crippen LogP contribution is -2.28. The number of aryl methyl sites for hydroxylation is 2. The zero-order chi connectivity index (χ0) is 11.4. The van der Waals surface area contributed by atoms with Crippen LogP contribution in [0.15, 0.2) is 0 Å². The van der Waals surface area contributed by atoms with Gasteiger partial charge in [-0.1, -0.05) is 0 Å². The number of aromatic nitrogens is 1. The molecule has 2 rings (SSSR count). The van der Waals surface area contributed by atoms with Crippen molar-refractivity contribution in [2.75, 3.05) is 23.8 Å². The lowest BCUT2D eigenvalue weighted by molar-refractivity contribution is 0.689. The van der Waals surface area contributed by atoms with Gasteiger partial charge in [0.1, 0.15) is 0 Å². The van der Waals surface area contributed by atoms with Crippen LogP contribution in [0.25, 0.3) is 0 Å². The van der Waals surface area contributed by atoms with Crippen molar-refractivity contribution in [3.63, 3.8) is 0 Å². The molecule has 1 aromatic rings. The summed E-state index contributed by atoms with van der Waals surface area (Å²) in [5.41, 5.74) is 1.20. The van der Waals surface area contributed by atoms with Crippen molar-refractivity contribution >= 4 is 34.9 Å². The zero-order valence-corrected chi connectivity index (χ0v) is 12.2. The Labute approximate surface area is 110 Å². The van der Waals surface area contributed by atoms with E-state index in [2.05, 4.69) is 47.7 Å². The highest BCUT2D eigenvalue weighted by atomic mass is 32.2. The van der Waals surface area contributed by atoms with E-state index in [9.17, 15) is 0 Å². The second-order valence-electron chi connectivity index (χ2n) is 3.94. The molecule has 0 bridgehead atoms. The van der Waals surface area contributed by atoms with Crippen LogP contribution in [0.2, 0.25) is 0 Å². The number of rotatable bonds is 4. The van der Waals surface area contributed by atoms with Crippen molar-refractivity contribution in [2.45, 2.75) is 25.6 Å². The third-order valence-corrected chi connectivity index (χ3v) is 6.46. The third kappa shape index (κ3) is 3.65. The number of thioether (sulfide) groups is 2. The molecule has 1 N–H and O–H groups in total. The molecule has 2 heterocycles. The second-order valence-corrected chi connectivity index (χ2v) is 7.79. The van der Waals surface area contributed by atoms with E-state index in [0.717, 1.165) is 18.3 Å². The molecule has 0 amide bonds. The average Bonchev–Trinajstić information content (AvgIpc) is 2.59. The molecule has 1 aliphatic rings. The molecule has 2 nitrogen and oxygen atoms in total. The predicted molar refractivity (Wildman–Crippen MR) is 76.9 cm³/mol. The van der Waals surface area contributed by atoms with Crippen LogP contribution in [-0.4, -0.2) is 34.0 Å². The standard InChI is InChI=1S/C11H18N2S3/c1-8-11(16-9(2)13-8)6-12-5-10-7-14-3-4-15-10/h10,12H,3-7H2,1-2H3. The molecule has 0 aromatic carbocycles. The van der Waals surface area contributed by atoms with Gasteiger partial charge in [-0.25, -0.2) is 4.98 Å². The number of thiazole rings is 1. The monoisotopic (exact) mass is 274 g/mol. The Morgan fingerprint density at radius 1 is 1.38 bits per heavy atom. The van der Waals surface area contributed by atoms with Gasteiger partial charge in [0.2, 0.25) is 0 Å². The first kappa shape index (κ1) is 12.7. The van der Waals surface area contributed by atoms with E-state index in [1.807, 2.05) is 11.3 Å². The Kier molecular flexibility index (Phi) is 5.00. The smallest absolute Gasteiger partial charge is 0.0900 e. The highest BCUT2D eigenvalue weighted by Gasteiger charge is 2.14. The summed E-state index contributed by atoms with van der Waals surface area (Å²) in [6.07, 6.45) is 0. The minimum absolute atomic E-state index is 0.799. The van der Waals surface area contributed by atoms with E-state index >= 15 is 0 Å². The van der Waals surface area contributed by atoms with Gasteiger partial charge in [0.05, 0.1) is 10.7 Å². The largest absolute Gasteiger partial charge is 0.311 e. The van der Waals surface area contributed by atoms with E-state index in [0.29, 0.717) is 0 Å². The summed E-state index contributed by atoms with van der Waals surface area (Å²) in [6.45, 7) is 6.30. The zero-order valence-electron chi connectivity index (χ0n) is 9.78. The van der Waals surface area contributed by atoms with Crippen LogP contribution in [0.4, 0.5) is 0 Å². The summed E-state index contributed by atoms with van der Waals surface area (Å²) in [5.74, 6) is 3.95. The quantitative estimate of drug-likeness (QED) is 0.912. The van der Waals surface area contributed by atoms with E-state index < -0.39 is 0 Å². The number of hydrogen-bond donors (Lipinski definition) is 1. The van der Waals surface area contributed by atoms with Gasteiger partial charge in [0.25, 0.3) is 0 Å². The minimum Gasteiger partial charge on any atom is -0.311 e. The fourth-order valence-electron chi connectivity index (χ4n) is 1.74. The first-order chi connectivity index (χ1) is 7.75. The van der Waals surface area contributed by atoms with Gasteiger partial charge in [-0.05, 0) is 13.8 Å². The van der Waals surface area contributed by atoms with Crippen molar-refractivity contribution < 1.29 is 0 Å². The maximum absolute atomic E-state index is 4.45. The molecule has 1 unspecified atom stereocenters. The lowest BCUT2D eigenvalue weighted by Gasteiger charge is -2.21. The number of nitrogens with one attached hydrogen (secondary N) is 1. The molecule has 1 aliphatic heterocycles. The van der Waals surface area contributed by atoms with E-state index in [1.165, 1.54) is 32.8 Å². The SMILES string of the molecule is Cc1nc(C)c(CNCC2CSCCS2)s1. The first-order valence-corrected chi connectivity index (χ1v) is 8.60. The topological polar surface area (TPSA) is 24.9 Å². The van der Waals surface area contributed by atoms with Crippen molar-refractivity contribution in [2.24, 2.45) is 0 Å². The van der Waals surface area contributed by atoms with Gasteiger partial charge in [-0.15, -0.1) is 11.3 Å². The van der Waals surface area contributed by atoms with Crippen LogP contribution in [0.5, 0.6) is 0 Å². The average molecular weight is 274 g/mol. The molecule has 16 heavy (non-hydrogen) atoms. The molecule has 0 aliphatic carbocycles. The third-order valence-electron chi connectivity index (χ3n) is 2.54. The van der Waals surface area contributed by atoms with Gasteiger partial charge in [-0.3, -0.25) is 0 Å². The van der Waals surface area contributed by atoms with Gasteiger partial charge >= 0.3 is 0 Å². The maximum Gasteiger partial charge on any atom is 0.0900 e. The fraction of sp³-hybridized carbons (Fsp3) is 0.727. The van der Waals surface area contributed by atoms with Crippen molar-refractivity contribution in [1.29, 1.82) is 0 Å². The van der Waals surface area contributed by atoms with Gasteiger partial charge in [0, 0.05) is 40.5 Å². The van der Waals surface area contributed by atoms with Gasteiger partial charge in [-0.2, -0.15) is 23.5 Å². The molecular formula is C11H18N2S3. The summed E-state index contributed by atoms with van der Waals surface area (Å²) in [4.78, 5) is 5.84. The normalized spacial score (nSPS) is 21.2. The molecule has 0 saturated carbocycles. The van der Waals surface area contributed by atoms with Crippen LogP contribution in [0.3, 0.4) is 0 Å². The summed E-state index contributed by atoms with van der Waals surface area (Å²) in [6, 6.07) is 0. The molecule has 90 valence electrons. The predicted octanol–water partition coefficient (Wildman–Crippen LogP) is 2.70. The Morgan fingerprint density at radius 3 is 2.88 bits per heavy atom. The van der Waals surface area contributed by atoms with E-state index in [1.54, 1.807) is 0 Å². The lowest BCUT2D eigenvalue weighted by atomic mass is 10.4. The van der Waals surface area contributed by atoms with Crippen LogP contribution >= 0.6 is 34.9 Å². The Morgan fingerprint density at radius 2 is 2.25 bits per heavy atom. The summed E-state index contributed by atoms with van der Waals surface area (Å²) in [7, 11) is 0. The first-order valence-electron chi connectivity index (χ1n) is 5.58. The van der Waals surface area contributed by atoms with Crippen LogP contribution in [0.1, 0.15) is 15.6 Å². The molecule has 1 saturated heterocycles. The van der Waals surface area contributed by atoms with Crippen LogP contribution in [-0.2, 0) is 6.54 Å². The molecular weight excluding hydrogens is 256 g/mol. The van der Waals surface area contributed by atoms with Crippen molar-refractivity contribution in [3.05, 3.63) is 15.6 Å². The molecule has 5 heteroatoms. The Bertz CT molecular complexity index is 332. The molecule has 1 fully saturated rings. The summed E-state index contributed by atoms with van der Waals surface area (Å²) in [5, 5.41) is 5.54. The molecule has 0 spiro atoms. The number of nitrogens with zero attached hydrogens (tertiary/aromatic N) is 1. The van der Waals surface area contributed by atoms with Gasteiger partial charge < -0.3 is 5.32 Å². The molecule has 0 radical (unpaired) electrons. The molecule has 1 aromatic heterocycles. The van der Waals surface area contributed by atoms with E-state index in [4.69, 9.17) is 0 Å². The number of hydrogen-bond acceptors (Lipinski definition) is 5. The summed E-state index contributed by atoms with van der Waals surface area (Å²) >= 11 is 6.01. The summed E-state index contributed by atoms with van der Waals surface area (Å²) < 4.78 is 0. The highest BCUT2D eigenvalue weighted by Crippen LogP contribution is 2.23. The van der Waals surface area contributed by atoms with Crippen LogP contribution in [0, 0.1) is 13.8 Å². The Hall–Kier alpha value is 0.290.